The van der Waals surface area contributed by atoms with Gasteiger partial charge < -0.3 is 9.15 Å². The van der Waals surface area contributed by atoms with Crippen LogP contribution in [-0.2, 0) is 17.8 Å². The second-order valence-corrected chi connectivity index (χ2v) is 6.45. The average molecular weight is 338 g/mol. The second-order valence-electron chi connectivity index (χ2n) is 6.45. The molecule has 3 heterocycles. The van der Waals surface area contributed by atoms with E-state index in [1.807, 2.05) is 54.3 Å². The third-order valence-corrected chi connectivity index (χ3v) is 4.35. The largest absolute Gasteiger partial charge is 0.439 e. The number of ether oxygens (including phenoxy) is 1. The predicted octanol–water partition coefficient (Wildman–Crippen LogP) is 2.75. The number of rotatable bonds is 5. The Morgan fingerprint density at radius 1 is 1.20 bits per heavy atom. The summed E-state index contributed by atoms with van der Waals surface area (Å²) in [5, 5.41) is 4.34. The number of hydrogen-bond acceptors (Lipinski definition) is 5. The van der Waals surface area contributed by atoms with E-state index < -0.39 is 0 Å². The van der Waals surface area contributed by atoms with Crippen LogP contribution in [0.1, 0.15) is 11.5 Å². The summed E-state index contributed by atoms with van der Waals surface area (Å²) in [7, 11) is 0. The van der Waals surface area contributed by atoms with Gasteiger partial charge >= 0.3 is 0 Å². The van der Waals surface area contributed by atoms with Crippen molar-refractivity contribution < 1.29 is 9.15 Å². The first-order chi connectivity index (χ1) is 12.3. The van der Waals surface area contributed by atoms with Gasteiger partial charge in [-0.05, 0) is 12.5 Å². The van der Waals surface area contributed by atoms with Crippen LogP contribution >= 0.6 is 0 Å². The Kier molecular flexibility index (Phi) is 4.63. The Labute approximate surface area is 147 Å². The predicted molar refractivity (Wildman–Crippen MR) is 93.9 cm³/mol. The summed E-state index contributed by atoms with van der Waals surface area (Å²) in [4.78, 5) is 6.76. The monoisotopic (exact) mass is 338 g/mol. The Morgan fingerprint density at radius 2 is 2.08 bits per heavy atom. The van der Waals surface area contributed by atoms with E-state index in [2.05, 4.69) is 15.0 Å². The van der Waals surface area contributed by atoms with E-state index >= 15 is 0 Å². The quantitative estimate of drug-likeness (QED) is 0.716. The van der Waals surface area contributed by atoms with Gasteiger partial charge in [-0.3, -0.25) is 9.58 Å². The summed E-state index contributed by atoms with van der Waals surface area (Å²) >= 11 is 0. The molecule has 1 aliphatic rings. The van der Waals surface area contributed by atoms with Crippen molar-refractivity contribution in [2.75, 3.05) is 19.7 Å². The third kappa shape index (κ3) is 3.97. The molecule has 0 N–H and O–H groups in total. The minimum absolute atomic E-state index is 0.136. The van der Waals surface area contributed by atoms with Gasteiger partial charge in [0.1, 0.15) is 0 Å². The van der Waals surface area contributed by atoms with Crippen molar-refractivity contribution in [2.24, 2.45) is 0 Å². The van der Waals surface area contributed by atoms with Crippen molar-refractivity contribution in [3.05, 3.63) is 60.4 Å². The number of aryl methyl sites for hydroxylation is 1. The Balaban J connectivity index is 1.37. The first kappa shape index (κ1) is 16.1. The minimum Gasteiger partial charge on any atom is -0.439 e. The molecule has 0 radical (unpaired) electrons. The standard InChI is InChI=1S/C19H22N4O2/c1-15-9-21-23(11-15)13-17-12-22(7-8-24-17)14-19-20-10-18(25-19)16-5-3-2-4-6-16/h2-6,9-11,17H,7-8,12-14H2,1H3/t17-/m1/s1. The van der Waals surface area contributed by atoms with E-state index in [0.29, 0.717) is 6.54 Å². The molecule has 25 heavy (non-hydrogen) atoms. The van der Waals surface area contributed by atoms with Crippen LogP contribution in [0.25, 0.3) is 11.3 Å². The Bertz CT molecular complexity index is 812. The number of aromatic nitrogens is 3. The van der Waals surface area contributed by atoms with E-state index in [0.717, 1.165) is 43.5 Å². The molecule has 0 saturated carbocycles. The maximum atomic E-state index is 5.92. The van der Waals surface area contributed by atoms with Gasteiger partial charge in [-0.25, -0.2) is 4.98 Å². The molecule has 0 spiro atoms. The molecule has 3 aromatic rings. The SMILES string of the molecule is Cc1cnn(C[C@H]2CN(Cc3ncc(-c4ccccc4)o3)CCO2)c1. The molecule has 1 saturated heterocycles. The molecule has 0 bridgehead atoms. The van der Waals surface area contributed by atoms with E-state index in [9.17, 15) is 0 Å². The number of morpholine rings is 1. The first-order valence-corrected chi connectivity index (χ1v) is 8.59. The molecule has 1 aliphatic heterocycles. The van der Waals surface area contributed by atoms with Crippen LogP contribution in [0.3, 0.4) is 0 Å². The van der Waals surface area contributed by atoms with Crippen molar-refractivity contribution in [1.29, 1.82) is 0 Å². The normalized spacial score (nSPS) is 18.5. The number of oxazole rings is 1. The van der Waals surface area contributed by atoms with Crippen molar-refractivity contribution in [3.8, 4) is 11.3 Å². The van der Waals surface area contributed by atoms with Gasteiger partial charge in [-0.15, -0.1) is 0 Å². The highest BCUT2D eigenvalue weighted by atomic mass is 16.5. The molecule has 1 fully saturated rings. The van der Waals surface area contributed by atoms with E-state index in [1.54, 1.807) is 6.20 Å². The molecule has 4 rings (SSSR count). The third-order valence-electron chi connectivity index (χ3n) is 4.35. The van der Waals surface area contributed by atoms with Gasteiger partial charge in [0.15, 0.2) is 5.76 Å². The van der Waals surface area contributed by atoms with Crippen LogP contribution in [0.5, 0.6) is 0 Å². The van der Waals surface area contributed by atoms with Crippen LogP contribution in [0.4, 0.5) is 0 Å². The maximum Gasteiger partial charge on any atom is 0.209 e. The molecule has 6 nitrogen and oxygen atoms in total. The van der Waals surface area contributed by atoms with Crippen LogP contribution in [0, 0.1) is 6.92 Å². The molecular weight excluding hydrogens is 316 g/mol. The number of benzene rings is 1. The zero-order chi connectivity index (χ0) is 17.1. The summed E-state index contributed by atoms with van der Waals surface area (Å²) in [5.41, 5.74) is 2.22. The van der Waals surface area contributed by atoms with E-state index in [-0.39, 0.29) is 6.10 Å². The fourth-order valence-corrected chi connectivity index (χ4v) is 3.12. The zero-order valence-corrected chi connectivity index (χ0v) is 14.3. The number of hydrogen-bond donors (Lipinski definition) is 0. The van der Waals surface area contributed by atoms with Crippen molar-refractivity contribution in [1.82, 2.24) is 19.7 Å². The van der Waals surface area contributed by atoms with Crippen LogP contribution in [0.2, 0.25) is 0 Å². The highest BCUT2D eigenvalue weighted by molar-refractivity contribution is 5.55. The highest BCUT2D eigenvalue weighted by Gasteiger charge is 2.22. The van der Waals surface area contributed by atoms with Gasteiger partial charge in [0.25, 0.3) is 0 Å². The molecule has 1 atom stereocenters. The van der Waals surface area contributed by atoms with Gasteiger partial charge in [-0.2, -0.15) is 5.10 Å². The smallest absolute Gasteiger partial charge is 0.209 e. The van der Waals surface area contributed by atoms with Crippen molar-refractivity contribution in [2.45, 2.75) is 26.1 Å². The molecule has 2 aromatic heterocycles. The molecule has 1 aromatic carbocycles. The molecular formula is C19H22N4O2. The van der Waals surface area contributed by atoms with Crippen molar-refractivity contribution in [3.63, 3.8) is 0 Å². The van der Waals surface area contributed by atoms with Gasteiger partial charge in [0, 0.05) is 24.8 Å². The lowest BCUT2D eigenvalue weighted by atomic mass is 10.2. The molecule has 0 amide bonds. The second kappa shape index (κ2) is 7.21. The molecule has 0 unspecified atom stereocenters. The summed E-state index contributed by atoms with van der Waals surface area (Å²) in [5.74, 6) is 1.56. The Morgan fingerprint density at radius 3 is 2.88 bits per heavy atom. The van der Waals surface area contributed by atoms with Gasteiger partial charge in [0.2, 0.25) is 5.89 Å². The van der Waals surface area contributed by atoms with Crippen molar-refractivity contribution >= 4 is 0 Å². The maximum absolute atomic E-state index is 5.92. The molecule has 6 heteroatoms. The van der Waals surface area contributed by atoms with Crippen LogP contribution in [-0.4, -0.2) is 45.5 Å². The zero-order valence-electron chi connectivity index (χ0n) is 14.3. The lowest BCUT2D eigenvalue weighted by Gasteiger charge is -2.32. The summed E-state index contributed by atoms with van der Waals surface area (Å²) in [6.07, 6.45) is 5.85. The Hall–Kier alpha value is -2.44. The minimum atomic E-state index is 0.136. The fourth-order valence-electron chi connectivity index (χ4n) is 3.12. The van der Waals surface area contributed by atoms with E-state index in [1.165, 1.54) is 5.56 Å². The van der Waals surface area contributed by atoms with E-state index in [4.69, 9.17) is 9.15 Å². The first-order valence-electron chi connectivity index (χ1n) is 8.59. The number of nitrogens with zero attached hydrogens (tertiary/aromatic N) is 4. The van der Waals surface area contributed by atoms with Crippen LogP contribution < -0.4 is 0 Å². The molecule has 0 aliphatic carbocycles. The average Bonchev–Trinajstić information content (AvgIpc) is 3.25. The molecule has 130 valence electrons. The lowest BCUT2D eigenvalue weighted by molar-refractivity contribution is -0.0422. The fraction of sp³-hybridized carbons (Fsp3) is 0.368. The summed E-state index contributed by atoms with van der Waals surface area (Å²) in [6, 6.07) is 10.1. The summed E-state index contributed by atoms with van der Waals surface area (Å²) in [6.45, 7) is 5.97. The van der Waals surface area contributed by atoms with Gasteiger partial charge in [0.05, 0.1) is 38.2 Å². The van der Waals surface area contributed by atoms with Gasteiger partial charge in [-0.1, -0.05) is 30.3 Å². The lowest BCUT2D eigenvalue weighted by Crippen LogP contribution is -2.43. The highest BCUT2D eigenvalue weighted by Crippen LogP contribution is 2.21. The summed E-state index contributed by atoms with van der Waals surface area (Å²) < 4.78 is 13.7. The van der Waals surface area contributed by atoms with Crippen LogP contribution in [0.15, 0.2) is 53.3 Å². The topological polar surface area (TPSA) is 56.3 Å².